The van der Waals surface area contributed by atoms with E-state index in [4.69, 9.17) is 0 Å². The SMILES string of the molecule is CC[C@@H](C(=O)N1CC(C)(C)c2ccc(C#N)cc21)N1CCN[C@H](C)C1. The minimum absolute atomic E-state index is 0.0893. The summed E-state index contributed by atoms with van der Waals surface area (Å²) < 4.78 is 0. The molecular weight excluding hydrogens is 312 g/mol. The van der Waals surface area contributed by atoms with Crippen LogP contribution in [0.25, 0.3) is 0 Å². The number of hydrogen-bond acceptors (Lipinski definition) is 4. The lowest BCUT2D eigenvalue weighted by Gasteiger charge is -2.38. The third-order valence-corrected chi connectivity index (χ3v) is 5.48. The molecule has 5 nitrogen and oxygen atoms in total. The Labute approximate surface area is 150 Å². The van der Waals surface area contributed by atoms with Crippen LogP contribution in [0.3, 0.4) is 0 Å². The van der Waals surface area contributed by atoms with Gasteiger partial charge in [-0.3, -0.25) is 9.69 Å². The van der Waals surface area contributed by atoms with Gasteiger partial charge < -0.3 is 10.2 Å². The molecule has 2 atom stereocenters. The number of nitrogens with zero attached hydrogens (tertiary/aromatic N) is 3. The van der Waals surface area contributed by atoms with Gasteiger partial charge >= 0.3 is 0 Å². The molecule has 1 aromatic rings. The highest BCUT2D eigenvalue weighted by molar-refractivity contribution is 5.99. The highest BCUT2D eigenvalue weighted by Crippen LogP contribution is 2.41. The molecule has 2 aliphatic heterocycles. The number of nitriles is 1. The smallest absolute Gasteiger partial charge is 0.244 e. The van der Waals surface area contributed by atoms with E-state index >= 15 is 0 Å². The summed E-state index contributed by atoms with van der Waals surface area (Å²) in [6.45, 7) is 12.0. The van der Waals surface area contributed by atoms with Gasteiger partial charge in [-0.2, -0.15) is 5.26 Å². The predicted molar refractivity (Wildman–Crippen MR) is 99.7 cm³/mol. The van der Waals surface area contributed by atoms with Gasteiger partial charge in [-0.15, -0.1) is 0 Å². The molecule has 0 bridgehead atoms. The molecule has 0 saturated carbocycles. The number of hydrogen-bond donors (Lipinski definition) is 1. The summed E-state index contributed by atoms with van der Waals surface area (Å²) in [7, 11) is 0. The van der Waals surface area contributed by atoms with Crippen molar-refractivity contribution in [2.75, 3.05) is 31.1 Å². The van der Waals surface area contributed by atoms with Crippen molar-refractivity contribution in [1.82, 2.24) is 10.2 Å². The van der Waals surface area contributed by atoms with Gasteiger partial charge in [0.2, 0.25) is 5.91 Å². The average Bonchev–Trinajstić information content (AvgIpc) is 2.86. The van der Waals surface area contributed by atoms with Gasteiger partial charge in [-0.1, -0.05) is 26.8 Å². The number of anilines is 1. The minimum Gasteiger partial charge on any atom is -0.312 e. The lowest BCUT2D eigenvalue weighted by Crippen LogP contribution is -2.57. The number of amides is 1. The van der Waals surface area contributed by atoms with E-state index < -0.39 is 0 Å². The first-order chi connectivity index (χ1) is 11.9. The summed E-state index contributed by atoms with van der Waals surface area (Å²) in [5, 5.41) is 12.7. The van der Waals surface area contributed by atoms with Crippen molar-refractivity contribution in [3.05, 3.63) is 29.3 Å². The van der Waals surface area contributed by atoms with Crippen LogP contribution in [0, 0.1) is 11.3 Å². The highest BCUT2D eigenvalue weighted by atomic mass is 16.2. The molecule has 0 aromatic heterocycles. The first-order valence-corrected chi connectivity index (χ1v) is 9.21. The maximum absolute atomic E-state index is 13.4. The molecule has 1 saturated heterocycles. The van der Waals surface area contributed by atoms with Crippen LogP contribution in [0.1, 0.15) is 45.2 Å². The second-order valence-corrected chi connectivity index (χ2v) is 7.93. The molecule has 3 rings (SSSR count). The van der Waals surface area contributed by atoms with Crippen LogP contribution in [0.5, 0.6) is 0 Å². The highest BCUT2D eigenvalue weighted by Gasteiger charge is 2.41. The zero-order valence-corrected chi connectivity index (χ0v) is 15.7. The van der Waals surface area contributed by atoms with E-state index in [9.17, 15) is 10.1 Å². The standard InChI is InChI=1S/C20H28N4O/c1-5-17(23-9-8-22-14(2)12-23)19(25)24-13-20(3,4)16-7-6-15(11-21)10-18(16)24/h6-7,10,14,17,22H,5,8-9,12-13H2,1-4H3/t14-,17+/m1/s1. The largest absolute Gasteiger partial charge is 0.312 e. The van der Waals surface area contributed by atoms with Crippen molar-refractivity contribution in [1.29, 1.82) is 5.26 Å². The number of benzene rings is 1. The number of carbonyl (C=O) groups is 1. The van der Waals surface area contributed by atoms with E-state index in [2.05, 4.69) is 44.0 Å². The summed E-state index contributed by atoms with van der Waals surface area (Å²) in [5.74, 6) is 0.165. The third kappa shape index (κ3) is 3.29. The van der Waals surface area contributed by atoms with Crippen LogP contribution in [0.4, 0.5) is 5.69 Å². The van der Waals surface area contributed by atoms with Crippen LogP contribution in [0.15, 0.2) is 18.2 Å². The Morgan fingerprint density at radius 3 is 2.88 bits per heavy atom. The van der Waals surface area contributed by atoms with Crippen LogP contribution in [0.2, 0.25) is 0 Å². The fourth-order valence-electron chi connectivity index (χ4n) is 4.17. The maximum Gasteiger partial charge on any atom is 0.244 e. The van der Waals surface area contributed by atoms with E-state index in [1.165, 1.54) is 0 Å². The van der Waals surface area contributed by atoms with E-state index in [0.717, 1.165) is 37.3 Å². The minimum atomic E-state index is -0.1000. The fraction of sp³-hybridized carbons (Fsp3) is 0.600. The van der Waals surface area contributed by atoms with Gasteiger partial charge in [0.1, 0.15) is 0 Å². The summed E-state index contributed by atoms with van der Waals surface area (Å²) in [4.78, 5) is 17.6. The molecule has 134 valence electrons. The summed E-state index contributed by atoms with van der Waals surface area (Å²) in [6, 6.07) is 8.24. The van der Waals surface area contributed by atoms with Crippen molar-refractivity contribution in [3.63, 3.8) is 0 Å². The second kappa shape index (κ2) is 6.78. The summed E-state index contributed by atoms with van der Waals surface area (Å²) >= 11 is 0. The third-order valence-electron chi connectivity index (χ3n) is 5.48. The van der Waals surface area contributed by atoms with Crippen molar-refractivity contribution in [3.8, 4) is 6.07 Å². The van der Waals surface area contributed by atoms with Gasteiger partial charge in [0.25, 0.3) is 0 Å². The lowest BCUT2D eigenvalue weighted by atomic mass is 9.86. The van der Waals surface area contributed by atoms with Gasteiger partial charge in [0, 0.05) is 43.3 Å². The molecule has 5 heteroatoms. The van der Waals surface area contributed by atoms with E-state index in [-0.39, 0.29) is 17.4 Å². The Balaban J connectivity index is 1.91. The van der Waals surface area contributed by atoms with Crippen molar-refractivity contribution in [2.45, 2.75) is 51.6 Å². The molecule has 1 fully saturated rings. The van der Waals surface area contributed by atoms with Gasteiger partial charge in [0.05, 0.1) is 17.7 Å². The lowest BCUT2D eigenvalue weighted by molar-refractivity contribution is -0.124. The Kier molecular flexibility index (Phi) is 4.86. The number of carbonyl (C=O) groups excluding carboxylic acids is 1. The van der Waals surface area contributed by atoms with E-state index in [1.807, 2.05) is 23.1 Å². The summed E-state index contributed by atoms with van der Waals surface area (Å²) in [5.41, 5.74) is 2.59. The molecule has 0 spiro atoms. The van der Waals surface area contributed by atoms with Crippen LogP contribution >= 0.6 is 0 Å². The van der Waals surface area contributed by atoms with Crippen LogP contribution in [-0.2, 0) is 10.2 Å². The predicted octanol–water partition coefficient (Wildman–Crippen LogP) is 2.25. The van der Waals surface area contributed by atoms with Crippen molar-refractivity contribution in [2.24, 2.45) is 0 Å². The molecule has 2 aliphatic rings. The first kappa shape index (κ1) is 17.9. The fourth-order valence-corrected chi connectivity index (χ4v) is 4.17. The number of nitrogens with one attached hydrogen (secondary N) is 1. The first-order valence-electron chi connectivity index (χ1n) is 9.21. The average molecular weight is 340 g/mol. The molecule has 1 N–H and O–H groups in total. The molecule has 25 heavy (non-hydrogen) atoms. The van der Waals surface area contributed by atoms with Crippen molar-refractivity contribution < 1.29 is 4.79 Å². The number of fused-ring (bicyclic) bond motifs is 1. The topological polar surface area (TPSA) is 59.4 Å². The van der Waals surface area contributed by atoms with Gasteiger partial charge in [-0.25, -0.2) is 0 Å². The number of piperazine rings is 1. The molecule has 0 aliphatic carbocycles. The quantitative estimate of drug-likeness (QED) is 0.917. The Morgan fingerprint density at radius 1 is 1.48 bits per heavy atom. The van der Waals surface area contributed by atoms with Crippen LogP contribution in [-0.4, -0.2) is 49.1 Å². The number of rotatable bonds is 3. The summed E-state index contributed by atoms with van der Waals surface area (Å²) in [6.07, 6.45) is 0.801. The van der Waals surface area contributed by atoms with Crippen LogP contribution < -0.4 is 10.2 Å². The Hall–Kier alpha value is -1.90. The van der Waals surface area contributed by atoms with E-state index in [0.29, 0.717) is 18.2 Å². The van der Waals surface area contributed by atoms with E-state index in [1.54, 1.807) is 0 Å². The monoisotopic (exact) mass is 340 g/mol. The maximum atomic E-state index is 13.4. The molecule has 1 amide bonds. The van der Waals surface area contributed by atoms with Crippen molar-refractivity contribution >= 4 is 11.6 Å². The molecular formula is C20H28N4O. The molecule has 0 radical (unpaired) electrons. The molecule has 1 aromatic carbocycles. The zero-order chi connectivity index (χ0) is 18.2. The molecule has 0 unspecified atom stereocenters. The Bertz CT molecular complexity index is 706. The normalized spacial score (nSPS) is 23.8. The van der Waals surface area contributed by atoms with Gasteiger partial charge in [-0.05, 0) is 31.0 Å². The van der Waals surface area contributed by atoms with Gasteiger partial charge in [0.15, 0.2) is 0 Å². The Morgan fingerprint density at radius 2 is 2.24 bits per heavy atom. The second-order valence-electron chi connectivity index (χ2n) is 7.93. The molecule has 2 heterocycles. The zero-order valence-electron chi connectivity index (χ0n) is 15.7.